The topological polar surface area (TPSA) is 37.3 Å². The lowest BCUT2D eigenvalue weighted by Crippen LogP contribution is -2.15. The van der Waals surface area contributed by atoms with Gasteiger partial charge in [-0.3, -0.25) is 4.79 Å². The fourth-order valence-corrected chi connectivity index (χ4v) is 1.84. The van der Waals surface area contributed by atoms with Gasteiger partial charge < -0.3 is 5.11 Å². The first-order valence-electron chi connectivity index (χ1n) is 5.32. The van der Waals surface area contributed by atoms with Gasteiger partial charge in [0.05, 0.1) is 6.10 Å². The molecule has 0 aliphatic heterocycles. The molecule has 82 valence electrons. The highest BCUT2D eigenvalue weighted by atomic mass is 16.3. The van der Waals surface area contributed by atoms with Crippen LogP contribution in [-0.2, 0) is 0 Å². The number of hydrogen-bond donors (Lipinski definition) is 1. The Labute approximate surface area is 94.9 Å². The average molecular weight is 214 g/mol. The number of carbonyl (C=O) groups excluding carboxylic acids is 1. The van der Waals surface area contributed by atoms with Crippen LogP contribution >= 0.6 is 0 Å². The highest BCUT2D eigenvalue weighted by Gasteiger charge is 2.17. The van der Waals surface area contributed by atoms with E-state index in [4.69, 9.17) is 0 Å². The summed E-state index contributed by atoms with van der Waals surface area (Å²) in [4.78, 5) is 11.1. The molecule has 2 heteroatoms. The Balaban J connectivity index is 2.25. The lowest BCUT2D eigenvalue weighted by atomic mass is 9.89. The summed E-state index contributed by atoms with van der Waals surface area (Å²) in [5.74, 6) is 0.0530. The molecule has 0 heterocycles. The largest absolute Gasteiger partial charge is 0.388 e. The first kappa shape index (κ1) is 10.8. The Morgan fingerprint density at radius 2 is 1.75 bits per heavy atom. The van der Waals surface area contributed by atoms with Crippen molar-refractivity contribution in [2.24, 2.45) is 0 Å². The van der Waals surface area contributed by atoms with E-state index in [0.717, 1.165) is 5.56 Å². The minimum Gasteiger partial charge on any atom is -0.388 e. The molecule has 1 N–H and O–H groups in total. The monoisotopic (exact) mass is 214 g/mol. The maximum absolute atomic E-state index is 11.1. The molecule has 0 amide bonds. The standard InChI is InChI=1S/C14H14O2/c1-10(15)11-6-8-12(9-7-11)13-4-2-3-5-14(13)16/h2-9,13-14,16H,1H3. The van der Waals surface area contributed by atoms with E-state index < -0.39 is 6.10 Å². The van der Waals surface area contributed by atoms with E-state index in [1.165, 1.54) is 0 Å². The molecule has 0 radical (unpaired) electrons. The second-order valence-electron chi connectivity index (χ2n) is 3.96. The molecule has 0 saturated heterocycles. The van der Waals surface area contributed by atoms with Crippen molar-refractivity contribution in [3.63, 3.8) is 0 Å². The smallest absolute Gasteiger partial charge is 0.159 e. The van der Waals surface area contributed by atoms with Crippen LogP contribution in [0, 0.1) is 0 Å². The SMILES string of the molecule is CC(=O)c1ccc(C2C=CC=CC2O)cc1. The quantitative estimate of drug-likeness (QED) is 0.768. The van der Waals surface area contributed by atoms with Gasteiger partial charge >= 0.3 is 0 Å². The molecule has 2 unspecified atom stereocenters. The molecule has 2 rings (SSSR count). The zero-order valence-electron chi connectivity index (χ0n) is 9.13. The van der Waals surface area contributed by atoms with E-state index in [2.05, 4.69) is 0 Å². The van der Waals surface area contributed by atoms with Crippen LogP contribution in [-0.4, -0.2) is 17.0 Å². The number of ketones is 1. The number of hydrogen-bond acceptors (Lipinski definition) is 2. The van der Waals surface area contributed by atoms with Gasteiger partial charge in [0.15, 0.2) is 5.78 Å². The number of aliphatic hydroxyl groups is 1. The minimum atomic E-state index is -0.479. The molecule has 2 nitrogen and oxygen atoms in total. The molecule has 0 fully saturated rings. The molecule has 2 atom stereocenters. The molecular formula is C14H14O2. The Hall–Kier alpha value is -1.67. The van der Waals surface area contributed by atoms with Crippen molar-refractivity contribution >= 4 is 5.78 Å². The fourth-order valence-electron chi connectivity index (χ4n) is 1.84. The van der Waals surface area contributed by atoms with E-state index in [-0.39, 0.29) is 11.7 Å². The van der Waals surface area contributed by atoms with Gasteiger partial charge in [0.1, 0.15) is 0 Å². The van der Waals surface area contributed by atoms with Gasteiger partial charge in [-0.05, 0) is 12.5 Å². The fraction of sp³-hybridized carbons (Fsp3) is 0.214. The Bertz CT molecular complexity index is 440. The van der Waals surface area contributed by atoms with Gasteiger partial charge in [-0.2, -0.15) is 0 Å². The molecule has 1 aromatic carbocycles. The van der Waals surface area contributed by atoms with Gasteiger partial charge in [-0.25, -0.2) is 0 Å². The van der Waals surface area contributed by atoms with Crippen LogP contribution in [0.25, 0.3) is 0 Å². The first-order chi connectivity index (χ1) is 7.68. The molecule has 16 heavy (non-hydrogen) atoms. The second kappa shape index (κ2) is 4.45. The van der Waals surface area contributed by atoms with Crippen molar-refractivity contribution in [2.45, 2.75) is 18.9 Å². The van der Waals surface area contributed by atoms with Gasteiger partial charge in [0, 0.05) is 11.5 Å². The highest BCUT2D eigenvalue weighted by Crippen LogP contribution is 2.25. The van der Waals surface area contributed by atoms with E-state index in [1.807, 2.05) is 30.4 Å². The maximum Gasteiger partial charge on any atom is 0.159 e. The van der Waals surface area contributed by atoms with E-state index >= 15 is 0 Å². The van der Waals surface area contributed by atoms with Crippen LogP contribution in [0.15, 0.2) is 48.6 Å². The molecule has 0 aromatic heterocycles. The molecule has 0 spiro atoms. The van der Waals surface area contributed by atoms with Gasteiger partial charge in [0.25, 0.3) is 0 Å². The van der Waals surface area contributed by atoms with Gasteiger partial charge in [0.2, 0.25) is 0 Å². The molecular weight excluding hydrogens is 200 g/mol. The van der Waals surface area contributed by atoms with E-state index in [1.54, 1.807) is 25.1 Å². The van der Waals surface area contributed by atoms with Crippen LogP contribution in [0.4, 0.5) is 0 Å². The van der Waals surface area contributed by atoms with E-state index in [9.17, 15) is 9.90 Å². The van der Waals surface area contributed by atoms with Crippen LogP contribution in [0.5, 0.6) is 0 Å². The Kier molecular flexibility index (Phi) is 3.02. The molecule has 0 saturated carbocycles. The summed E-state index contributed by atoms with van der Waals surface area (Å²) in [6.07, 6.45) is 7.02. The average Bonchev–Trinajstić information content (AvgIpc) is 2.30. The van der Waals surface area contributed by atoms with Crippen LogP contribution in [0.3, 0.4) is 0 Å². The number of aliphatic hydroxyl groups excluding tert-OH is 1. The summed E-state index contributed by atoms with van der Waals surface area (Å²) >= 11 is 0. The summed E-state index contributed by atoms with van der Waals surface area (Å²) in [6, 6.07) is 7.40. The Morgan fingerprint density at radius 3 is 2.31 bits per heavy atom. The predicted octanol–water partition coefficient (Wildman–Crippen LogP) is 2.46. The number of carbonyl (C=O) groups is 1. The minimum absolute atomic E-state index is 0.00833. The molecule has 1 aromatic rings. The van der Waals surface area contributed by atoms with Crippen LogP contribution in [0.1, 0.15) is 28.8 Å². The van der Waals surface area contributed by atoms with Crippen molar-refractivity contribution < 1.29 is 9.90 Å². The van der Waals surface area contributed by atoms with Crippen molar-refractivity contribution in [1.82, 2.24) is 0 Å². The van der Waals surface area contributed by atoms with E-state index in [0.29, 0.717) is 5.56 Å². The van der Waals surface area contributed by atoms with Crippen molar-refractivity contribution in [3.05, 3.63) is 59.7 Å². The molecule has 1 aliphatic rings. The summed E-state index contributed by atoms with van der Waals surface area (Å²) in [5.41, 5.74) is 1.73. The third kappa shape index (κ3) is 2.12. The molecule has 1 aliphatic carbocycles. The zero-order chi connectivity index (χ0) is 11.5. The summed E-state index contributed by atoms with van der Waals surface area (Å²) in [7, 11) is 0. The maximum atomic E-state index is 11.1. The molecule has 0 bridgehead atoms. The summed E-state index contributed by atoms with van der Waals surface area (Å²) in [6.45, 7) is 1.55. The number of Topliss-reactive ketones (excluding diaryl/α,β-unsaturated/α-hetero) is 1. The third-order valence-electron chi connectivity index (χ3n) is 2.81. The number of allylic oxidation sites excluding steroid dienone is 2. The van der Waals surface area contributed by atoms with Crippen LogP contribution < -0.4 is 0 Å². The lowest BCUT2D eigenvalue weighted by Gasteiger charge is -2.19. The lowest BCUT2D eigenvalue weighted by molar-refractivity contribution is 0.101. The zero-order valence-corrected chi connectivity index (χ0v) is 9.13. The third-order valence-corrected chi connectivity index (χ3v) is 2.81. The summed E-state index contributed by atoms with van der Waals surface area (Å²) in [5, 5.41) is 9.80. The summed E-state index contributed by atoms with van der Waals surface area (Å²) < 4.78 is 0. The number of benzene rings is 1. The Morgan fingerprint density at radius 1 is 1.12 bits per heavy atom. The van der Waals surface area contributed by atoms with Crippen molar-refractivity contribution in [1.29, 1.82) is 0 Å². The second-order valence-corrected chi connectivity index (χ2v) is 3.96. The van der Waals surface area contributed by atoms with Crippen molar-refractivity contribution in [3.8, 4) is 0 Å². The highest BCUT2D eigenvalue weighted by molar-refractivity contribution is 5.94. The number of rotatable bonds is 2. The normalized spacial score (nSPS) is 23.4. The first-order valence-corrected chi connectivity index (χ1v) is 5.32. The predicted molar refractivity (Wildman–Crippen MR) is 63.5 cm³/mol. The van der Waals surface area contributed by atoms with Crippen LogP contribution in [0.2, 0.25) is 0 Å². The van der Waals surface area contributed by atoms with Gasteiger partial charge in [-0.15, -0.1) is 0 Å². The van der Waals surface area contributed by atoms with Crippen molar-refractivity contribution in [2.75, 3.05) is 0 Å². The van der Waals surface area contributed by atoms with Gasteiger partial charge in [-0.1, -0.05) is 48.6 Å².